The van der Waals surface area contributed by atoms with Crippen molar-refractivity contribution in [2.45, 2.75) is 90.3 Å². The molecule has 0 radical (unpaired) electrons. The summed E-state index contributed by atoms with van der Waals surface area (Å²) in [6, 6.07) is 1.14. The first-order valence-corrected chi connectivity index (χ1v) is 12.7. The van der Waals surface area contributed by atoms with Gasteiger partial charge in [0.2, 0.25) is 0 Å². The molecule has 1 aliphatic heterocycles. The number of hydrogen-bond acceptors (Lipinski definition) is 4. The van der Waals surface area contributed by atoms with Crippen molar-refractivity contribution in [2.75, 3.05) is 33.0 Å². The molecule has 1 aliphatic rings. The Morgan fingerprint density at radius 2 is 1.33 bits per heavy atom. The maximum Gasteiger partial charge on any atom is 0.334 e. The van der Waals surface area contributed by atoms with Crippen LogP contribution in [0, 0.1) is 0 Å². The number of unbranched alkanes of at least 4 members (excludes halogenated alkanes) is 8. The molecule has 0 aliphatic carbocycles. The van der Waals surface area contributed by atoms with Crippen molar-refractivity contribution in [2.24, 2.45) is 0 Å². The average Bonchev–Trinajstić information content (AvgIpc) is 3.36. The Bertz CT molecular complexity index is 279. The lowest BCUT2D eigenvalue weighted by Gasteiger charge is -2.25. The molecule has 1 saturated heterocycles. The topological polar surface area (TPSA) is 40.2 Å². The van der Waals surface area contributed by atoms with Crippen molar-refractivity contribution < 1.29 is 18.3 Å². The van der Waals surface area contributed by atoms with Gasteiger partial charge in [-0.15, -0.1) is 0 Å². The minimum atomic E-state index is -1.87. The van der Waals surface area contributed by atoms with Gasteiger partial charge in [-0.2, -0.15) is 0 Å². The van der Waals surface area contributed by atoms with E-state index in [1.165, 1.54) is 57.8 Å². The summed E-state index contributed by atoms with van der Waals surface area (Å²) in [6.07, 6.45) is 12.3. The fraction of sp³-hybridized carbons (Fsp3) is 1.00. The first kappa shape index (κ1) is 22.1. The van der Waals surface area contributed by atoms with Crippen LogP contribution in [0.4, 0.5) is 0 Å². The van der Waals surface area contributed by atoms with Crippen molar-refractivity contribution in [1.29, 1.82) is 0 Å². The maximum atomic E-state index is 5.89. The van der Waals surface area contributed by atoms with Crippen LogP contribution in [-0.2, 0) is 18.3 Å². The lowest BCUT2D eigenvalue weighted by molar-refractivity contribution is 0.113. The monoisotopic (exact) mass is 360 g/mol. The summed E-state index contributed by atoms with van der Waals surface area (Å²) in [4.78, 5) is 0. The standard InChI is InChI=1S/C19H40O4Si/c1-4-22-24(3,23-5-2)16-14-12-10-8-6-7-9-11-13-15-20-17-19-18-21-19/h19H,4-18H2,1-3H3. The van der Waals surface area contributed by atoms with Crippen LogP contribution >= 0.6 is 0 Å². The van der Waals surface area contributed by atoms with Crippen molar-refractivity contribution in [3.63, 3.8) is 0 Å². The number of rotatable bonds is 18. The molecule has 1 unspecified atom stereocenters. The van der Waals surface area contributed by atoms with Gasteiger partial charge in [0.15, 0.2) is 0 Å². The van der Waals surface area contributed by atoms with Crippen molar-refractivity contribution in [3.8, 4) is 0 Å². The van der Waals surface area contributed by atoms with E-state index in [9.17, 15) is 0 Å². The highest BCUT2D eigenvalue weighted by Gasteiger charge is 2.29. The van der Waals surface area contributed by atoms with E-state index in [0.717, 1.165) is 39.1 Å². The van der Waals surface area contributed by atoms with Gasteiger partial charge in [0, 0.05) is 19.8 Å². The molecule has 0 saturated carbocycles. The average molecular weight is 361 g/mol. The highest BCUT2D eigenvalue weighted by molar-refractivity contribution is 6.66. The lowest BCUT2D eigenvalue weighted by atomic mass is 10.1. The van der Waals surface area contributed by atoms with E-state index in [2.05, 4.69) is 20.4 Å². The summed E-state index contributed by atoms with van der Waals surface area (Å²) in [5.41, 5.74) is 0. The normalized spacial score (nSPS) is 17.4. The zero-order chi connectivity index (χ0) is 17.5. The fourth-order valence-corrected chi connectivity index (χ4v) is 5.55. The van der Waals surface area contributed by atoms with E-state index in [1.54, 1.807) is 0 Å². The second kappa shape index (κ2) is 14.2. The van der Waals surface area contributed by atoms with Crippen LogP contribution in [0.2, 0.25) is 12.6 Å². The minimum Gasteiger partial charge on any atom is -0.395 e. The molecular weight excluding hydrogens is 320 g/mol. The van der Waals surface area contributed by atoms with Gasteiger partial charge in [0.25, 0.3) is 0 Å². The first-order chi connectivity index (χ1) is 11.7. The van der Waals surface area contributed by atoms with Crippen LogP contribution in [0.5, 0.6) is 0 Å². The summed E-state index contributed by atoms with van der Waals surface area (Å²) in [7, 11) is -1.87. The summed E-state index contributed by atoms with van der Waals surface area (Å²) in [6.45, 7) is 10.5. The predicted octanol–water partition coefficient (Wildman–Crippen LogP) is 5.06. The van der Waals surface area contributed by atoms with E-state index in [1.807, 2.05) is 0 Å². The Morgan fingerprint density at radius 1 is 0.833 bits per heavy atom. The Morgan fingerprint density at radius 3 is 1.83 bits per heavy atom. The van der Waals surface area contributed by atoms with Crippen LogP contribution in [-0.4, -0.2) is 47.7 Å². The first-order valence-electron chi connectivity index (χ1n) is 10.2. The SMILES string of the molecule is CCO[Si](C)(CCCCCCCCCCCOCC1CO1)OCC. The second-order valence-electron chi connectivity index (χ2n) is 6.96. The van der Waals surface area contributed by atoms with Gasteiger partial charge in [-0.05, 0) is 32.9 Å². The van der Waals surface area contributed by atoms with Gasteiger partial charge >= 0.3 is 8.56 Å². The molecule has 1 rings (SSSR count). The predicted molar refractivity (Wildman–Crippen MR) is 102 cm³/mol. The highest BCUT2D eigenvalue weighted by atomic mass is 28.4. The molecule has 0 amide bonds. The molecule has 0 aromatic carbocycles. The second-order valence-corrected chi connectivity index (χ2v) is 10.3. The molecule has 0 N–H and O–H groups in total. The smallest absolute Gasteiger partial charge is 0.334 e. The summed E-state index contributed by atoms with van der Waals surface area (Å²) < 4.78 is 22.4. The third-order valence-electron chi connectivity index (χ3n) is 4.53. The van der Waals surface area contributed by atoms with E-state index < -0.39 is 8.56 Å². The van der Waals surface area contributed by atoms with E-state index in [-0.39, 0.29) is 0 Å². The number of hydrogen-bond donors (Lipinski definition) is 0. The van der Waals surface area contributed by atoms with Crippen LogP contribution in [0.3, 0.4) is 0 Å². The molecule has 5 heteroatoms. The number of ether oxygens (including phenoxy) is 2. The molecule has 0 bridgehead atoms. The summed E-state index contributed by atoms with van der Waals surface area (Å²) in [5, 5.41) is 0. The van der Waals surface area contributed by atoms with E-state index in [4.69, 9.17) is 18.3 Å². The molecule has 1 fully saturated rings. The Labute approximate surface area is 150 Å². The molecule has 1 atom stereocenters. The maximum absolute atomic E-state index is 5.89. The quantitative estimate of drug-likeness (QED) is 0.195. The van der Waals surface area contributed by atoms with Crippen molar-refractivity contribution in [3.05, 3.63) is 0 Å². The third kappa shape index (κ3) is 12.4. The zero-order valence-electron chi connectivity index (χ0n) is 16.3. The highest BCUT2D eigenvalue weighted by Crippen LogP contribution is 2.19. The molecule has 4 nitrogen and oxygen atoms in total. The van der Waals surface area contributed by atoms with Gasteiger partial charge in [0.05, 0.1) is 13.2 Å². The Kier molecular flexibility index (Phi) is 13.1. The Hall–Kier alpha value is 0.0569. The molecule has 0 aromatic heterocycles. The van der Waals surface area contributed by atoms with Gasteiger partial charge in [-0.3, -0.25) is 0 Å². The molecule has 0 aromatic rings. The van der Waals surface area contributed by atoms with Gasteiger partial charge in [-0.25, -0.2) is 0 Å². The van der Waals surface area contributed by atoms with Gasteiger partial charge < -0.3 is 18.3 Å². The van der Waals surface area contributed by atoms with Crippen LogP contribution in [0.25, 0.3) is 0 Å². The Balaban J connectivity index is 1.79. The minimum absolute atomic E-state index is 0.410. The van der Waals surface area contributed by atoms with Crippen LogP contribution < -0.4 is 0 Å². The molecule has 24 heavy (non-hydrogen) atoms. The van der Waals surface area contributed by atoms with Gasteiger partial charge in [0.1, 0.15) is 6.10 Å². The molecular formula is C19H40O4Si. The summed E-state index contributed by atoms with van der Waals surface area (Å²) >= 11 is 0. The largest absolute Gasteiger partial charge is 0.395 e. The van der Waals surface area contributed by atoms with Crippen LogP contribution in [0.1, 0.15) is 71.6 Å². The van der Waals surface area contributed by atoms with E-state index >= 15 is 0 Å². The third-order valence-corrected chi connectivity index (χ3v) is 7.59. The van der Waals surface area contributed by atoms with Crippen molar-refractivity contribution >= 4 is 8.56 Å². The van der Waals surface area contributed by atoms with E-state index in [0.29, 0.717) is 6.10 Å². The van der Waals surface area contributed by atoms with Gasteiger partial charge in [-0.1, -0.05) is 51.4 Å². The molecule has 1 heterocycles. The van der Waals surface area contributed by atoms with Crippen molar-refractivity contribution in [1.82, 2.24) is 0 Å². The number of epoxide rings is 1. The lowest BCUT2D eigenvalue weighted by Crippen LogP contribution is -2.38. The van der Waals surface area contributed by atoms with Crippen LogP contribution in [0.15, 0.2) is 0 Å². The molecule has 144 valence electrons. The molecule has 0 spiro atoms. The summed E-state index contributed by atoms with van der Waals surface area (Å²) in [5.74, 6) is 0. The fourth-order valence-electron chi connectivity index (χ4n) is 3.06. The zero-order valence-corrected chi connectivity index (χ0v) is 17.3.